The van der Waals surface area contributed by atoms with Gasteiger partial charge in [0.1, 0.15) is 6.04 Å². The summed E-state index contributed by atoms with van der Waals surface area (Å²) in [6.07, 6.45) is 1.67. The number of tetrazole rings is 1. The van der Waals surface area contributed by atoms with Gasteiger partial charge in [0.2, 0.25) is 5.91 Å². The van der Waals surface area contributed by atoms with Crippen LogP contribution in [0.15, 0.2) is 29.4 Å². The molecule has 0 fully saturated rings. The molecule has 10 nitrogen and oxygen atoms in total. The number of aryl methyl sites for hydroxylation is 1. The first-order chi connectivity index (χ1) is 14.8. The zero-order valence-electron chi connectivity index (χ0n) is 19.2. The van der Waals surface area contributed by atoms with Crippen molar-refractivity contribution in [2.75, 3.05) is 20.6 Å². The molecule has 3 atom stereocenters. The molecule has 0 radical (unpaired) electrons. The lowest BCUT2D eigenvalue weighted by Gasteiger charge is -2.35. The van der Waals surface area contributed by atoms with Gasteiger partial charge < -0.3 is 5.32 Å². The number of benzene rings is 1. The van der Waals surface area contributed by atoms with E-state index in [0.29, 0.717) is 6.54 Å². The summed E-state index contributed by atoms with van der Waals surface area (Å²) >= 11 is 0. The van der Waals surface area contributed by atoms with Gasteiger partial charge >= 0.3 is 0 Å². The average molecular weight is 428 g/mol. The topological polar surface area (TPSA) is 104 Å². The van der Waals surface area contributed by atoms with Crippen LogP contribution in [0.5, 0.6) is 0 Å². The molecule has 1 aliphatic rings. The Morgan fingerprint density at radius 2 is 2.00 bits per heavy atom. The van der Waals surface area contributed by atoms with Crippen LogP contribution < -0.4 is 10.7 Å². The van der Waals surface area contributed by atoms with E-state index in [1.54, 1.807) is 16.7 Å². The Hall–Kier alpha value is -2.85. The van der Waals surface area contributed by atoms with Gasteiger partial charge in [-0.1, -0.05) is 31.2 Å². The van der Waals surface area contributed by atoms with Gasteiger partial charge in [-0.3, -0.25) is 15.2 Å². The molecule has 1 amide bonds. The van der Waals surface area contributed by atoms with Crippen molar-refractivity contribution < 1.29 is 4.79 Å². The maximum atomic E-state index is 12.6. The Morgan fingerprint density at radius 1 is 1.29 bits per heavy atom. The number of hydrogen-bond donors (Lipinski definition) is 2. The van der Waals surface area contributed by atoms with Crippen molar-refractivity contribution in [3.63, 3.8) is 0 Å². The number of hydrogen-bond acceptors (Lipinski definition) is 8. The van der Waals surface area contributed by atoms with Crippen molar-refractivity contribution in [2.45, 2.75) is 51.7 Å². The molecule has 31 heavy (non-hydrogen) atoms. The van der Waals surface area contributed by atoms with Crippen molar-refractivity contribution in [3.05, 3.63) is 29.8 Å². The number of rotatable bonds is 5. The monoisotopic (exact) mass is 427 g/mol. The second-order valence-corrected chi connectivity index (χ2v) is 8.03. The summed E-state index contributed by atoms with van der Waals surface area (Å²) in [5.41, 5.74) is 6.78. The Labute approximate surface area is 183 Å². The number of carbonyl (C=O) groups excluding carboxylic acids is 1. The summed E-state index contributed by atoms with van der Waals surface area (Å²) < 4.78 is 1.65. The molecule has 3 rings (SSSR count). The van der Waals surface area contributed by atoms with Crippen LogP contribution in [0.2, 0.25) is 0 Å². The van der Waals surface area contributed by atoms with Crippen LogP contribution in [0.3, 0.4) is 0 Å². The maximum absolute atomic E-state index is 12.6. The van der Waals surface area contributed by atoms with Gasteiger partial charge in [0.15, 0.2) is 5.82 Å². The van der Waals surface area contributed by atoms with Crippen LogP contribution in [0, 0.1) is 0 Å². The summed E-state index contributed by atoms with van der Waals surface area (Å²) in [5.74, 6) is 0.666. The third-order valence-corrected chi connectivity index (χ3v) is 5.74. The smallest absolute Gasteiger partial charge is 0.245 e. The number of hydrazone groups is 1. The van der Waals surface area contributed by atoms with E-state index in [1.807, 2.05) is 26.2 Å². The zero-order valence-corrected chi connectivity index (χ0v) is 19.2. The normalized spacial score (nSPS) is 23.3. The van der Waals surface area contributed by atoms with Gasteiger partial charge in [-0.25, -0.2) is 9.69 Å². The second-order valence-electron chi connectivity index (χ2n) is 8.03. The molecule has 0 bridgehead atoms. The van der Waals surface area contributed by atoms with Crippen molar-refractivity contribution in [1.29, 1.82) is 0 Å². The number of nitrogens with one attached hydrogen (secondary N) is 2. The van der Waals surface area contributed by atoms with Crippen LogP contribution in [-0.4, -0.2) is 74.6 Å². The molecule has 2 heterocycles. The summed E-state index contributed by atoms with van der Waals surface area (Å²) in [5, 5.41) is 23.1. The molecule has 0 unspecified atom stereocenters. The highest BCUT2D eigenvalue weighted by molar-refractivity contribution is 5.85. The van der Waals surface area contributed by atoms with Crippen LogP contribution in [0.4, 0.5) is 0 Å². The molecule has 0 saturated heterocycles. The first-order valence-electron chi connectivity index (χ1n) is 10.7. The van der Waals surface area contributed by atoms with Gasteiger partial charge in [-0.15, -0.1) is 5.10 Å². The van der Waals surface area contributed by atoms with Crippen molar-refractivity contribution in [2.24, 2.45) is 12.1 Å². The molecule has 0 spiro atoms. The SMILES string of the molecule is CC/C1=N\N(C)[C@H](C(=O)NC)CN([C@H](C)c2ccc(-c3nnnn3C)cc2)N[C@H](C)C1. The standard InChI is InChI=1S/C21H33N9O/c1-7-18-12-14(2)24-30(13-19(21(31)22-4)28(5)25-18)15(3)16-8-10-17(11-9-16)20-23-26-27-29(20)6/h8-11,14-15,19,24H,7,12-13H2,1-6H3,(H,22,31)/b25-18+/t14-,15-,19+/m1/s1. The predicted octanol–water partition coefficient (Wildman–Crippen LogP) is 1.35. The third kappa shape index (κ3) is 5.26. The van der Waals surface area contributed by atoms with Crippen molar-refractivity contribution >= 4 is 11.6 Å². The van der Waals surface area contributed by atoms with E-state index in [0.717, 1.165) is 35.5 Å². The van der Waals surface area contributed by atoms with Crippen molar-refractivity contribution in [3.8, 4) is 11.4 Å². The lowest BCUT2D eigenvalue weighted by atomic mass is 10.0. The Morgan fingerprint density at radius 3 is 2.58 bits per heavy atom. The van der Waals surface area contributed by atoms with Crippen LogP contribution in [0.1, 0.15) is 45.2 Å². The number of hydrazine groups is 1. The summed E-state index contributed by atoms with van der Waals surface area (Å²) in [4.78, 5) is 12.6. The molecule has 1 aromatic carbocycles. The largest absolute Gasteiger partial charge is 0.357 e. The number of amides is 1. The van der Waals surface area contributed by atoms with Gasteiger partial charge in [0.25, 0.3) is 0 Å². The van der Waals surface area contributed by atoms with Crippen molar-refractivity contribution in [1.82, 2.24) is 41.0 Å². The Kier molecular flexibility index (Phi) is 7.34. The summed E-state index contributed by atoms with van der Waals surface area (Å²) in [6, 6.07) is 8.05. The fraction of sp³-hybridized carbons (Fsp3) is 0.571. The summed E-state index contributed by atoms with van der Waals surface area (Å²) in [7, 11) is 5.36. The van der Waals surface area contributed by atoms with E-state index >= 15 is 0 Å². The van der Waals surface area contributed by atoms with E-state index in [9.17, 15) is 4.79 Å². The fourth-order valence-electron chi connectivity index (χ4n) is 3.84. The molecule has 1 aromatic heterocycles. The maximum Gasteiger partial charge on any atom is 0.245 e. The third-order valence-electron chi connectivity index (χ3n) is 5.74. The molecule has 0 saturated carbocycles. The zero-order chi connectivity index (χ0) is 22.5. The minimum absolute atomic E-state index is 0.0397. The Balaban J connectivity index is 1.86. The van der Waals surface area contributed by atoms with Crippen LogP contribution >= 0.6 is 0 Å². The lowest BCUT2D eigenvalue weighted by Crippen LogP contribution is -2.54. The predicted molar refractivity (Wildman–Crippen MR) is 120 cm³/mol. The average Bonchev–Trinajstić information content (AvgIpc) is 3.22. The molecule has 0 aliphatic carbocycles. The van der Waals surface area contributed by atoms with E-state index < -0.39 is 6.04 Å². The number of nitrogens with zero attached hydrogens (tertiary/aromatic N) is 7. The van der Waals surface area contributed by atoms with E-state index in [2.05, 4.69) is 64.2 Å². The van der Waals surface area contributed by atoms with Gasteiger partial charge in [0.05, 0.1) is 0 Å². The van der Waals surface area contributed by atoms with E-state index in [-0.39, 0.29) is 18.0 Å². The molecular formula is C21H33N9O. The fourth-order valence-corrected chi connectivity index (χ4v) is 3.84. The van der Waals surface area contributed by atoms with E-state index in [1.165, 1.54) is 0 Å². The summed E-state index contributed by atoms with van der Waals surface area (Å²) in [6.45, 7) is 6.88. The highest BCUT2D eigenvalue weighted by Gasteiger charge is 2.30. The lowest BCUT2D eigenvalue weighted by molar-refractivity contribution is -0.126. The van der Waals surface area contributed by atoms with Gasteiger partial charge in [-0.05, 0) is 36.3 Å². The van der Waals surface area contributed by atoms with Gasteiger partial charge in [0, 0.05) is 57.5 Å². The second kappa shape index (κ2) is 9.97. The van der Waals surface area contributed by atoms with Crippen LogP contribution in [0.25, 0.3) is 11.4 Å². The Bertz CT molecular complexity index is 908. The molecular weight excluding hydrogens is 394 g/mol. The quantitative estimate of drug-likeness (QED) is 0.742. The highest BCUT2D eigenvalue weighted by atomic mass is 16.2. The highest BCUT2D eigenvalue weighted by Crippen LogP contribution is 2.24. The van der Waals surface area contributed by atoms with E-state index in [4.69, 9.17) is 5.10 Å². The van der Waals surface area contributed by atoms with Gasteiger partial charge in [-0.2, -0.15) is 5.10 Å². The first kappa shape index (κ1) is 22.8. The molecule has 1 aliphatic heterocycles. The number of likely N-dealkylation sites (N-methyl/N-ethyl adjacent to an activating group) is 2. The number of carbonyl (C=O) groups is 1. The first-order valence-corrected chi connectivity index (χ1v) is 10.7. The molecule has 10 heteroatoms. The van der Waals surface area contributed by atoms with Crippen LogP contribution in [-0.2, 0) is 11.8 Å². The molecule has 2 aromatic rings. The number of aromatic nitrogens is 4. The minimum Gasteiger partial charge on any atom is -0.357 e. The molecule has 2 N–H and O–H groups in total. The molecule has 168 valence electrons. The minimum atomic E-state index is -0.407.